The lowest BCUT2D eigenvalue weighted by Gasteiger charge is -2.21. The molecule has 3 heteroatoms. The molecule has 2 rings (SSSR count). The topological polar surface area (TPSA) is 39.9 Å². The summed E-state index contributed by atoms with van der Waals surface area (Å²) in [5.41, 5.74) is 0.999. The van der Waals surface area contributed by atoms with Crippen molar-refractivity contribution in [3.05, 3.63) is 24.5 Å². The Hall–Kier alpha value is -1.56. The monoisotopic (exact) mass is 187 g/mol. The number of anilines is 1. The van der Waals surface area contributed by atoms with E-state index in [1.165, 1.54) is 0 Å². The molecule has 0 saturated heterocycles. The van der Waals surface area contributed by atoms with Gasteiger partial charge in [0.1, 0.15) is 0 Å². The second kappa shape index (κ2) is 3.30. The first-order valence-corrected chi connectivity index (χ1v) is 4.78. The van der Waals surface area contributed by atoms with E-state index in [9.17, 15) is 0 Å². The van der Waals surface area contributed by atoms with Crippen molar-refractivity contribution < 1.29 is 0 Å². The molecule has 0 spiro atoms. The first-order chi connectivity index (χ1) is 6.76. The Bertz CT molecular complexity index is 349. The summed E-state index contributed by atoms with van der Waals surface area (Å²) in [6.07, 6.45) is 5.66. The van der Waals surface area contributed by atoms with Crippen LogP contribution in [-0.4, -0.2) is 18.6 Å². The molecule has 1 saturated carbocycles. The van der Waals surface area contributed by atoms with E-state index in [0.29, 0.717) is 0 Å². The number of hydrogen-bond acceptors (Lipinski definition) is 3. The van der Waals surface area contributed by atoms with Gasteiger partial charge in [0.2, 0.25) is 0 Å². The highest BCUT2D eigenvalue weighted by molar-refractivity contribution is 5.43. The molecule has 1 aromatic rings. The zero-order chi connectivity index (χ0) is 10.0. The maximum atomic E-state index is 8.96. The number of pyridine rings is 1. The highest BCUT2D eigenvalue weighted by Crippen LogP contribution is 2.45. The SMILES string of the molecule is CN(CC1(C#N)CC1)c1cccnc1. The van der Waals surface area contributed by atoms with Gasteiger partial charge in [0.25, 0.3) is 0 Å². The summed E-state index contributed by atoms with van der Waals surface area (Å²) in [6, 6.07) is 6.32. The quantitative estimate of drug-likeness (QED) is 0.724. The summed E-state index contributed by atoms with van der Waals surface area (Å²) in [7, 11) is 2.01. The number of hydrogen-bond donors (Lipinski definition) is 0. The number of aromatic nitrogens is 1. The largest absolute Gasteiger partial charge is 0.372 e. The van der Waals surface area contributed by atoms with Crippen molar-refractivity contribution in [3.8, 4) is 6.07 Å². The molecule has 0 radical (unpaired) electrons. The average molecular weight is 187 g/mol. The molecule has 1 aliphatic rings. The fourth-order valence-corrected chi connectivity index (χ4v) is 1.58. The average Bonchev–Trinajstić information content (AvgIpc) is 3.00. The van der Waals surface area contributed by atoms with Crippen molar-refractivity contribution in [3.63, 3.8) is 0 Å². The molecule has 0 amide bonds. The summed E-state index contributed by atoms with van der Waals surface area (Å²) in [6.45, 7) is 0.815. The van der Waals surface area contributed by atoms with Gasteiger partial charge < -0.3 is 4.90 Å². The molecule has 1 aliphatic carbocycles. The van der Waals surface area contributed by atoms with Crippen LogP contribution in [-0.2, 0) is 0 Å². The fraction of sp³-hybridized carbons (Fsp3) is 0.455. The minimum atomic E-state index is -0.0788. The Morgan fingerprint density at radius 2 is 2.43 bits per heavy atom. The smallest absolute Gasteiger partial charge is 0.0749 e. The Morgan fingerprint density at radius 3 is 2.93 bits per heavy atom. The standard InChI is InChI=1S/C11H13N3/c1-14(9-11(8-12)4-5-11)10-3-2-6-13-7-10/h2-3,6-7H,4-5,9H2,1H3. The zero-order valence-electron chi connectivity index (χ0n) is 8.27. The molecule has 0 atom stereocenters. The van der Waals surface area contributed by atoms with Gasteiger partial charge >= 0.3 is 0 Å². The first kappa shape index (κ1) is 9.01. The number of nitrogens with zero attached hydrogens (tertiary/aromatic N) is 3. The van der Waals surface area contributed by atoms with Gasteiger partial charge in [-0.3, -0.25) is 4.98 Å². The van der Waals surface area contributed by atoms with Crippen LogP contribution >= 0.6 is 0 Å². The van der Waals surface area contributed by atoms with Crippen molar-refractivity contribution in [2.75, 3.05) is 18.5 Å². The minimum Gasteiger partial charge on any atom is -0.372 e. The Labute approximate surface area is 84.0 Å². The summed E-state index contributed by atoms with van der Waals surface area (Å²) < 4.78 is 0. The van der Waals surface area contributed by atoms with Crippen molar-refractivity contribution >= 4 is 5.69 Å². The maximum Gasteiger partial charge on any atom is 0.0749 e. The van der Waals surface area contributed by atoms with Crippen molar-refractivity contribution in [1.82, 2.24) is 4.98 Å². The molecule has 14 heavy (non-hydrogen) atoms. The Morgan fingerprint density at radius 1 is 1.64 bits per heavy atom. The van der Waals surface area contributed by atoms with E-state index < -0.39 is 0 Å². The maximum absolute atomic E-state index is 8.96. The van der Waals surface area contributed by atoms with E-state index in [4.69, 9.17) is 5.26 Å². The number of nitriles is 1. The molecule has 3 nitrogen and oxygen atoms in total. The second-order valence-electron chi connectivity index (χ2n) is 3.96. The van der Waals surface area contributed by atoms with Gasteiger partial charge in [0.15, 0.2) is 0 Å². The predicted molar refractivity (Wildman–Crippen MR) is 54.8 cm³/mol. The van der Waals surface area contributed by atoms with Gasteiger partial charge in [-0.25, -0.2) is 0 Å². The molecule has 0 unspecified atom stereocenters. The van der Waals surface area contributed by atoms with Crippen LogP contribution in [0.5, 0.6) is 0 Å². The lowest BCUT2D eigenvalue weighted by atomic mass is 10.1. The molecule has 1 heterocycles. The van der Waals surface area contributed by atoms with E-state index in [-0.39, 0.29) is 5.41 Å². The molecule has 1 aromatic heterocycles. The van der Waals surface area contributed by atoms with Gasteiger partial charge in [0.05, 0.1) is 23.4 Å². The molecular formula is C11H13N3. The van der Waals surface area contributed by atoms with Gasteiger partial charge in [-0.15, -0.1) is 0 Å². The van der Waals surface area contributed by atoms with Crippen molar-refractivity contribution in [2.24, 2.45) is 5.41 Å². The molecule has 0 N–H and O–H groups in total. The molecule has 0 aromatic carbocycles. The molecule has 0 aliphatic heterocycles. The van der Waals surface area contributed by atoms with Crippen LogP contribution in [0.25, 0.3) is 0 Å². The fourth-order valence-electron chi connectivity index (χ4n) is 1.58. The molecular weight excluding hydrogens is 174 g/mol. The van der Waals surface area contributed by atoms with Crippen LogP contribution in [0.15, 0.2) is 24.5 Å². The lowest BCUT2D eigenvalue weighted by Crippen LogP contribution is -2.25. The molecule has 1 fully saturated rings. The third kappa shape index (κ3) is 1.69. The van der Waals surface area contributed by atoms with Crippen LogP contribution in [0, 0.1) is 16.7 Å². The van der Waals surface area contributed by atoms with E-state index >= 15 is 0 Å². The van der Waals surface area contributed by atoms with Gasteiger partial charge in [0, 0.05) is 19.8 Å². The molecule has 0 bridgehead atoms. The van der Waals surface area contributed by atoms with Gasteiger partial charge in [-0.1, -0.05) is 0 Å². The summed E-state index contributed by atoms with van der Waals surface area (Å²) in [5, 5.41) is 8.96. The van der Waals surface area contributed by atoms with E-state index in [2.05, 4.69) is 16.0 Å². The van der Waals surface area contributed by atoms with Crippen LogP contribution in [0.2, 0.25) is 0 Å². The first-order valence-electron chi connectivity index (χ1n) is 4.78. The van der Waals surface area contributed by atoms with Crippen LogP contribution in [0.1, 0.15) is 12.8 Å². The normalized spacial score (nSPS) is 17.1. The third-order valence-corrected chi connectivity index (χ3v) is 2.72. The van der Waals surface area contributed by atoms with E-state index in [1.54, 1.807) is 6.20 Å². The highest BCUT2D eigenvalue weighted by atomic mass is 15.1. The van der Waals surface area contributed by atoms with Gasteiger partial charge in [-0.2, -0.15) is 5.26 Å². The lowest BCUT2D eigenvalue weighted by molar-refractivity contribution is 0.652. The van der Waals surface area contributed by atoms with Crippen molar-refractivity contribution in [1.29, 1.82) is 5.26 Å². The summed E-state index contributed by atoms with van der Waals surface area (Å²) >= 11 is 0. The predicted octanol–water partition coefficient (Wildman–Crippen LogP) is 1.82. The molecule has 72 valence electrons. The Kier molecular flexibility index (Phi) is 2.12. The summed E-state index contributed by atoms with van der Waals surface area (Å²) in [5.74, 6) is 0. The second-order valence-corrected chi connectivity index (χ2v) is 3.96. The van der Waals surface area contributed by atoms with Crippen molar-refractivity contribution in [2.45, 2.75) is 12.8 Å². The number of rotatable bonds is 3. The Balaban J connectivity index is 2.04. The minimum absolute atomic E-state index is 0.0788. The van der Waals surface area contributed by atoms with E-state index in [0.717, 1.165) is 25.1 Å². The van der Waals surface area contributed by atoms with Crippen LogP contribution < -0.4 is 4.90 Å². The van der Waals surface area contributed by atoms with Crippen LogP contribution in [0.4, 0.5) is 5.69 Å². The summed E-state index contributed by atoms with van der Waals surface area (Å²) in [4.78, 5) is 6.16. The third-order valence-electron chi connectivity index (χ3n) is 2.72. The highest BCUT2D eigenvalue weighted by Gasteiger charge is 2.44. The van der Waals surface area contributed by atoms with E-state index in [1.807, 2.05) is 25.4 Å². The van der Waals surface area contributed by atoms with Crippen LogP contribution in [0.3, 0.4) is 0 Å². The zero-order valence-corrected chi connectivity index (χ0v) is 8.27. The van der Waals surface area contributed by atoms with Gasteiger partial charge in [-0.05, 0) is 25.0 Å².